The summed E-state index contributed by atoms with van der Waals surface area (Å²) in [5.41, 5.74) is 6.68. The third-order valence-corrected chi connectivity index (χ3v) is 13.2. The van der Waals surface area contributed by atoms with Crippen molar-refractivity contribution in [3.8, 4) is 0 Å². The number of aliphatic carboxylic acids is 5. The van der Waals surface area contributed by atoms with E-state index in [-0.39, 0.29) is 73.6 Å². The van der Waals surface area contributed by atoms with Crippen LogP contribution in [0.1, 0.15) is 195 Å². The number of unbranched alkanes of at least 4 members (excludes halogenated alkanes) is 14. The van der Waals surface area contributed by atoms with E-state index in [2.05, 4.69) is 25.9 Å². The number of aromatic nitrogens is 2. The van der Waals surface area contributed by atoms with Gasteiger partial charge in [-0.1, -0.05) is 83.5 Å². The Balaban J connectivity index is 0. The normalized spacial score (nSPS) is 14.0. The predicted molar refractivity (Wildman–Crippen MR) is 276 cm³/mol. The van der Waals surface area contributed by atoms with Gasteiger partial charge in [0, 0.05) is 85.0 Å². The van der Waals surface area contributed by atoms with Crippen LogP contribution in [0, 0.1) is 17.8 Å². The molecule has 0 fully saturated rings. The quantitative estimate of drug-likeness (QED) is 0.0376. The van der Waals surface area contributed by atoms with Crippen LogP contribution in [0.4, 0.5) is 0 Å². The minimum Gasteiger partial charge on any atom is -0.481 e. The fraction of sp³-hybridized carbons (Fsp3) is 0.731. The molecule has 0 bridgehead atoms. The molecule has 0 radical (unpaired) electrons. The summed E-state index contributed by atoms with van der Waals surface area (Å²) in [6.07, 6.45) is 13.6. The fourth-order valence-electron chi connectivity index (χ4n) is 8.50. The van der Waals surface area contributed by atoms with Gasteiger partial charge in [-0.25, -0.2) is 14.6 Å². The summed E-state index contributed by atoms with van der Waals surface area (Å²) in [6.45, 7) is 1.34. The molecule has 0 aliphatic carbocycles. The summed E-state index contributed by atoms with van der Waals surface area (Å²) >= 11 is 0. The lowest BCUT2D eigenvalue weighted by Gasteiger charge is -2.21. The van der Waals surface area contributed by atoms with Crippen LogP contribution in [0.2, 0.25) is 0 Å². The molecule has 0 aromatic carbocycles. The number of carboxylic acids is 5. The summed E-state index contributed by atoms with van der Waals surface area (Å²) in [7, 11) is 0. The first-order chi connectivity index (χ1) is 35.6. The van der Waals surface area contributed by atoms with Gasteiger partial charge in [-0.05, 0) is 51.9 Å². The number of hydrogen-bond acceptors (Lipinski definition) is 14. The van der Waals surface area contributed by atoms with Gasteiger partial charge in [-0.3, -0.25) is 43.2 Å². The molecule has 1 unspecified atom stereocenters. The first-order valence-electron chi connectivity index (χ1n) is 26.6. The topological polar surface area (TPSA) is 400 Å². The molecule has 428 valence electrons. The van der Waals surface area contributed by atoms with Gasteiger partial charge in [0.25, 0.3) is 0 Å². The van der Waals surface area contributed by atoms with Gasteiger partial charge in [0.2, 0.25) is 17.7 Å². The van der Waals surface area contributed by atoms with Crippen LogP contribution in [0.5, 0.6) is 0 Å². The van der Waals surface area contributed by atoms with Gasteiger partial charge >= 0.3 is 29.8 Å². The summed E-state index contributed by atoms with van der Waals surface area (Å²) in [5.74, 6) is -13.4. The molecule has 7 atom stereocenters. The van der Waals surface area contributed by atoms with Crippen LogP contribution in [0.3, 0.4) is 0 Å². The van der Waals surface area contributed by atoms with Gasteiger partial charge < -0.3 is 57.3 Å². The molecule has 0 saturated heterocycles. The Morgan fingerprint density at radius 2 is 1.05 bits per heavy atom. The molecule has 1 rings (SSSR count). The summed E-state index contributed by atoms with van der Waals surface area (Å²) in [6, 6.07) is -3.85. The van der Waals surface area contributed by atoms with Crippen LogP contribution in [0.15, 0.2) is 12.5 Å². The zero-order valence-electron chi connectivity index (χ0n) is 43.6. The number of carbonyl (C=O) groups is 11. The van der Waals surface area contributed by atoms with E-state index >= 15 is 0 Å². The maximum absolute atomic E-state index is 13.2. The second-order valence-electron chi connectivity index (χ2n) is 19.6. The number of rotatable bonds is 48. The van der Waals surface area contributed by atoms with Gasteiger partial charge in [0.05, 0.1) is 30.3 Å². The van der Waals surface area contributed by atoms with E-state index in [0.717, 1.165) is 70.6 Å². The van der Waals surface area contributed by atoms with Crippen molar-refractivity contribution < 1.29 is 86.2 Å². The zero-order valence-corrected chi connectivity index (χ0v) is 43.6. The minimum atomic E-state index is -1.52. The van der Waals surface area contributed by atoms with Gasteiger partial charge in [0.15, 0.2) is 5.78 Å². The van der Waals surface area contributed by atoms with E-state index < -0.39 is 126 Å². The van der Waals surface area contributed by atoms with E-state index in [1.54, 1.807) is 0 Å². The summed E-state index contributed by atoms with van der Waals surface area (Å²) in [4.78, 5) is 142. The molecule has 1 aromatic heterocycles. The number of carboxylic acid groups (broad SMARTS) is 5. The molecule has 0 spiro atoms. The zero-order chi connectivity index (χ0) is 56.1. The molecule has 3 amide bonds. The number of aliphatic hydroxyl groups is 1. The molecular weight excluding hydrogens is 981 g/mol. The lowest BCUT2D eigenvalue weighted by Crippen LogP contribution is -2.42. The number of nitrogens with zero attached hydrogens (tertiary/aromatic N) is 1. The third kappa shape index (κ3) is 32.7. The Morgan fingerprint density at radius 3 is 1.53 bits per heavy atom. The van der Waals surface area contributed by atoms with Crippen LogP contribution >= 0.6 is 0 Å². The smallest absolute Gasteiger partial charge is 0.326 e. The molecule has 1 heterocycles. The SMILES string of the molecule is CC(O)[C@H](CC(=O)[C@H](CCCCNC(=O)CC[C@H](NC(=O)CC[C@H](CC(=O)CC[C@H](NC(=O)CCCCCCCCCCCCCCCCC(=O)O)C(=O)O)C(=O)O)C(=O)O)CC(=O)[C@@H](N)Cc1cnc[nH]1)C(=O)O.[HH].[HH]. The lowest BCUT2D eigenvalue weighted by molar-refractivity contribution is -0.148. The van der Waals surface area contributed by atoms with Gasteiger partial charge in [-0.2, -0.15) is 0 Å². The predicted octanol–water partition coefficient (Wildman–Crippen LogP) is 5.14. The van der Waals surface area contributed by atoms with E-state index in [4.69, 9.17) is 10.8 Å². The van der Waals surface area contributed by atoms with Crippen molar-refractivity contribution in [2.75, 3.05) is 6.54 Å². The number of imidazole rings is 1. The number of Topliss-reactive ketones (excluding diaryl/α,β-unsaturated/α-hetero) is 3. The van der Waals surface area contributed by atoms with Crippen molar-refractivity contribution in [2.24, 2.45) is 23.5 Å². The van der Waals surface area contributed by atoms with Gasteiger partial charge in [-0.15, -0.1) is 0 Å². The minimum absolute atomic E-state index is 0. The number of amides is 3. The average molecular weight is 1070 g/mol. The largest absolute Gasteiger partial charge is 0.481 e. The molecule has 0 aliphatic heterocycles. The standard InChI is InChI=1S/C52H84N6O17.2H2/c1-34(59)39(50(70)71)31-43(61)35(29-44(62)40(53)30-37-32-54-33-56-37)18-16-17-27-55-45(63)26-24-42(52(74)75)58-47(65)25-21-36(49(68)69)28-38(60)22-23-41(51(72)73)57-46(64)19-14-12-10-8-6-4-2-3-5-7-9-11-13-15-20-48(66)67;;/h32-36,39-42,59H,2-31,53H2,1H3,(H,54,56)(H,55,63)(H,57,64)(H,58,65)(H,66,67)(H,68,69)(H,70,71)(H,72,73)(H,74,75);2*1H/t34?,35-,36-,39+,40+,41+,42+;;/m1../s1. The van der Waals surface area contributed by atoms with Gasteiger partial charge in [0.1, 0.15) is 23.7 Å². The Morgan fingerprint density at radius 1 is 0.547 bits per heavy atom. The van der Waals surface area contributed by atoms with Crippen LogP contribution in [-0.4, -0.2) is 136 Å². The number of nitrogens with two attached hydrogens (primary N) is 1. The fourth-order valence-corrected chi connectivity index (χ4v) is 8.50. The molecular formula is C52H88N6O17. The number of hydrogen-bond donors (Lipinski definition) is 11. The number of carbonyl (C=O) groups excluding carboxylic acids is 6. The monoisotopic (exact) mass is 1070 g/mol. The van der Waals surface area contributed by atoms with Crippen LogP contribution < -0.4 is 21.7 Å². The Hall–Kier alpha value is -6.10. The molecule has 23 nitrogen and oxygen atoms in total. The van der Waals surface area contributed by atoms with E-state index in [9.17, 15) is 78.3 Å². The van der Waals surface area contributed by atoms with E-state index in [0.29, 0.717) is 25.0 Å². The maximum Gasteiger partial charge on any atom is 0.326 e. The van der Waals surface area contributed by atoms with Crippen molar-refractivity contribution in [3.05, 3.63) is 18.2 Å². The Bertz CT molecular complexity index is 1960. The van der Waals surface area contributed by atoms with E-state index in [1.165, 1.54) is 32.3 Å². The van der Waals surface area contributed by atoms with E-state index in [1.807, 2.05) is 0 Å². The highest BCUT2D eigenvalue weighted by Crippen LogP contribution is 2.23. The van der Waals surface area contributed by atoms with Crippen molar-refractivity contribution in [2.45, 2.75) is 217 Å². The molecule has 23 heteroatoms. The Labute approximate surface area is 441 Å². The number of aromatic amines is 1. The highest BCUT2D eigenvalue weighted by Gasteiger charge is 2.32. The average Bonchev–Trinajstić information content (AvgIpc) is 3.86. The van der Waals surface area contributed by atoms with Crippen LogP contribution in [0.25, 0.3) is 0 Å². The number of H-pyrrole nitrogens is 1. The Kier molecular flexibility index (Phi) is 35.1. The van der Waals surface area contributed by atoms with Crippen LogP contribution in [-0.2, 0) is 59.2 Å². The number of nitrogens with one attached hydrogen (secondary N) is 4. The highest BCUT2D eigenvalue weighted by atomic mass is 16.4. The van der Waals surface area contributed by atoms with Crippen molar-refractivity contribution in [1.29, 1.82) is 0 Å². The van der Waals surface area contributed by atoms with Crippen molar-refractivity contribution >= 4 is 64.9 Å². The molecule has 75 heavy (non-hydrogen) atoms. The lowest BCUT2D eigenvalue weighted by atomic mass is 9.84. The first-order valence-corrected chi connectivity index (χ1v) is 26.6. The molecule has 0 saturated carbocycles. The maximum atomic E-state index is 13.2. The summed E-state index contributed by atoms with van der Waals surface area (Å²) < 4.78 is 0. The second kappa shape index (κ2) is 39.3. The molecule has 12 N–H and O–H groups in total. The number of aliphatic hydroxyl groups excluding tert-OH is 1. The van der Waals surface area contributed by atoms with Crippen molar-refractivity contribution in [3.63, 3.8) is 0 Å². The third-order valence-electron chi connectivity index (χ3n) is 13.2. The second-order valence-corrected chi connectivity index (χ2v) is 19.6. The molecule has 0 aliphatic rings. The van der Waals surface area contributed by atoms with Crippen molar-refractivity contribution in [1.82, 2.24) is 25.9 Å². The highest BCUT2D eigenvalue weighted by molar-refractivity contribution is 5.92. The number of ketones is 3. The molecule has 1 aromatic rings. The first kappa shape index (κ1) is 66.9. The summed E-state index contributed by atoms with van der Waals surface area (Å²) in [5, 5.41) is 64.5.